The number of benzene rings is 1. The first kappa shape index (κ1) is 18.6. The van der Waals surface area contributed by atoms with E-state index in [1.165, 1.54) is 24.7 Å². The zero-order valence-electron chi connectivity index (χ0n) is 14.8. The number of amides is 1. The van der Waals surface area contributed by atoms with Crippen LogP contribution in [0.1, 0.15) is 25.8 Å². The van der Waals surface area contributed by atoms with E-state index in [2.05, 4.69) is 51.3 Å². The van der Waals surface area contributed by atoms with E-state index in [-0.39, 0.29) is 5.91 Å². The molecule has 1 amide bonds. The molecule has 2 rings (SSSR count). The number of nitrogens with zero attached hydrogens (tertiary/aromatic N) is 2. The summed E-state index contributed by atoms with van der Waals surface area (Å²) in [6.45, 7) is 6.76. The molecule has 1 unspecified atom stereocenters. The number of aliphatic imine (C=N–C) groups is 1. The quantitative estimate of drug-likeness (QED) is 0.634. The molecule has 24 heavy (non-hydrogen) atoms. The maximum absolute atomic E-state index is 11.0. The van der Waals surface area contributed by atoms with Gasteiger partial charge in [-0.3, -0.25) is 9.79 Å². The van der Waals surface area contributed by atoms with Crippen molar-refractivity contribution < 1.29 is 4.79 Å². The Balaban J connectivity index is 1.80. The molecule has 1 aliphatic rings. The molecule has 5 nitrogen and oxygen atoms in total. The standard InChI is InChI=1S/C18H28N4OS/c1-4-17-13-22(11-12-24-17)18(19-3)20-10-9-15-5-7-16(8-6-15)21-14(2)23/h5-8,17H,4,9-13H2,1-3H3,(H,19,20)(H,21,23). The van der Waals surface area contributed by atoms with Gasteiger partial charge in [0.25, 0.3) is 0 Å². The number of nitrogens with one attached hydrogen (secondary N) is 2. The molecule has 0 aromatic heterocycles. The summed E-state index contributed by atoms with van der Waals surface area (Å²) in [5.41, 5.74) is 2.08. The average Bonchev–Trinajstić information content (AvgIpc) is 2.60. The van der Waals surface area contributed by atoms with Crippen LogP contribution in [0.5, 0.6) is 0 Å². The Morgan fingerprint density at radius 1 is 1.38 bits per heavy atom. The molecule has 0 bridgehead atoms. The average molecular weight is 349 g/mol. The number of rotatable bonds is 5. The second kappa shape index (κ2) is 9.57. The largest absolute Gasteiger partial charge is 0.356 e. The van der Waals surface area contributed by atoms with Gasteiger partial charge in [0.2, 0.25) is 5.91 Å². The molecule has 132 valence electrons. The first-order chi connectivity index (χ1) is 11.6. The topological polar surface area (TPSA) is 56.7 Å². The van der Waals surface area contributed by atoms with Gasteiger partial charge in [0.15, 0.2) is 5.96 Å². The molecule has 1 aromatic rings. The fraction of sp³-hybridized carbons (Fsp3) is 0.556. The second-order valence-electron chi connectivity index (χ2n) is 5.95. The van der Waals surface area contributed by atoms with Gasteiger partial charge < -0.3 is 15.5 Å². The van der Waals surface area contributed by atoms with Crippen LogP contribution in [0, 0.1) is 0 Å². The summed E-state index contributed by atoms with van der Waals surface area (Å²) in [7, 11) is 1.85. The summed E-state index contributed by atoms with van der Waals surface area (Å²) >= 11 is 2.07. The lowest BCUT2D eigenvalue weighted by Gasteiger charge is -2.34. The van der Waals surface area contributed by atoms with Gasteiger partial charge in [0, 0.05) is 50.3 Å². The summed E-state index contributed by atoms with van der Waals surface area (Å²) in [6.07, 6.45) is 2.14. The van der Waals surface area contributed by atoms with Crippen LogP contribution >= 0.6 is 11.8 Å². The highest BCUT2D eigenvalue weighted by atomic mass is 32.2. The lowest BCUT2D eigenvalue weighted by Crippen LogP contribution is -2.48. The normalized spacial score (nSPS) is 18.4. The van der Waals surface area contributed by atoms with Crippen LogP contribution in [-0.2, 0) is 11.2 Å². The van der Waals surface area contributed by atoms with E-state index in [1.54, 1.807) is 0 Å². The number of thioether (sulfide) groups is 1. The van der Waals surface area contributed by atoms with Gasteiger partial charge in [0.05, 0.1) is 0 Å². The SMILES string of the molecule is CCC1CN(C(=NC)NCCc2ccc(NC(C)=O)cc2)CCS1. The predicted molar refractivity (Wildman–Crippen MR) is 104 cm³/mol. The smallest absolute Gasteiger partial charge is 0.221 e. The van der Waals surface area contributed by atoms with E-state index in [4.69, 9.17) is 0 Å². The first-order valence-electron chi connectivity index (χ1n) is 8.56. The summed E-state index contributed by atoms with van der Waals surface area (Å²) in [6, 6.07) is 8.00. The molecule has 2 N–H and O–H groups in total. The Bertz CT molecular complexity index is 559. The first-order valence-corrected chi connectivity index (χ1v) is 9.61. The van der Waals surface area contributed by atoms with Crippen LogP contribution in [0.25, 0.3) is 0 Å². The number of guanidine groups is 1. The molecule has 0 saturated carbocycles. The van der Waals surface area contributed by atoms with E-state index in [1.807, 2.05) is 19.2 Å². The van der Waals surface area contributed by atoms with Gasteiger partial charge in [-0.25, -0.2) is 0 Å². The van der Waals surface area contributed by atoms with E-state index in [0.717, 1.165) is 37.7 Å². The Morgan fingerprint density at radius 3 is 2.75 bits per heavy atom. The van der Waals surface area contributed by atoms with Gasteiger partial charge in [0.1, 0.15) is 0 Å². The van der Waals surface area contributed by atoms with Gasteiger partial charge in [-0.05, 0) is 30.5 Å². The Hall–Kier alpha value is -1.69. The van der Waals surface area contributed by atoms with Gasteiger partial charge >= 0.3 is 0 Å². The number of carbonyl (C=O) groups excluding carboxylic acids is 1. The molecule has 0 spiro atoms. The summed E-state index contributed by atoms with van der Waals surface area (Å²) in [4.78, 5) is 17.8. The number of hydrogen-bond acceptors (Lipinski definition) is 3. The van der Waals surface area contributed by atoms with Crippen molar-refractivity contribution in [3.8, 4) is 0 Å². The Morgan fingerprint density at radius 2 is 2.12 bits per heavy atom. The third-order valence-electron chi connectivity index (χ3n) is 4.08. The number of hydrogen-bond donors (Lipinski definition) is 2. The minimum atomic E-state index is -0.0432. The third kappa shape index (κ3) is 5.74. The summed E-state index contributed by atoms with van der Waals surface area (Å²) in [5, 5.41) is 6.97. The monoisotopic (exact) mass is 348 g/mol. The minimum absolute atomic E-state index is 0.0432. The van der Waals surface area contributed by atoms with Crippen LogP contribution in [0.15, 0.2) is 29.3 Å². The molecule has 1 aromatic carbocycles. The summed E-state index contributed by atoms with van der Waals surface area (Å²) in [5.74, 6) is 2.13. The molecular weight excluding hydrogens is 320 g/mol. The minimum Gasteiger partial charge on any atom is -0.356 e. The van der Waals surface area contributed by atoms with Crippen molar-refractivity contribution in [2.75, 3.05) is 37.8 Å². The van der Waals surface area contributed by atoms with E-state index >= 15 is 0 Å². The summed E-state index contributed by atoms with van der Waals surface area (Å²) < 4.78 is 0. The van der Waals surface area contributed by atoms with Crippen molar-refractivity contribution in [1.29, 1.82) is 0 Å². The highest BCUT2D eigenvalue weighted by Gasteiger charge is 2.21. The van der Waals surface area contributed by atoms with Crippen LogP contribution in [0.3, 0.4) is 0 Å². The van der Waals surface area contributed by atoms with Crippen molar-refractivity contribution in [2.45, 2.75) is 31.9 Å². The maximum Gasteiger partial charge on any atom is 0.221 e. The van der Waals surface area contributed by atoms with Crippen LogP contribution < -0.4 is 10.6 Å². The van der Waals surface area contributed by atoms with Crippen LogP contribution in [-0.4, -0.2) is 54.5 Å². The van der Waals surface area contributed by atoms with Crippen molar-refractivity contribution in [3.05, 3.63) is 29.8 Å². The molecule has 1 aliphatic heterocycles. The molecule has 1 atom stereocenters. The third-order valence-corrected chi connectivity index (χ3v) is 5.45. The Kier molecular flexibility index (Phi) is 7.43. The molecular formula is C18H28N4OS. The Labute approximate surface area is 149 Å². The van der Waals surface area contributed by atoms with Crippen LogP contribution in [0.4, 0.5) is 5.69 Å². The lowest BCUT2D eigenvalue weighted by molar-refractivity contribution is -0.114. The second-order valence-corrected chi connectivity index (χ2v) is 7.36. The van der Waals surface area contributed by atoms with Crippen LogP contribution in [0.2, 0.25) is 0 Å². The van der Waals surface area contributed by atoms with E-state index in [9.17, 15) is 4.79 Å². The van der Waals surface area contributed by atoms with Crippen molar-refractivity contribution >= 4 is 29.3 Å². The van der Waals surface area contributed by atoms with E-state index < -0.39 is 0 Å². The van der Waals surface area contributed by atoms with Gasteiger partial charge in [-0.2, -0.15) is 11.8 Å². The molecule has 0 aliphatic carbocycles. The van der Waals surface area contributed by atoms with E-state index in [0.29, 0.717) is 5.25 Å². The molecule has 6 heteroatoms. The predicted octanol–water partition coefficient (Wildman–Crippen LogP) is 2.59. The highest BCUT2D eigenvalue weighted by molar-refractivity contribution is 8.00. The maximum atomic E-state index is 11.0. The number of carbonyl (C=O) groups is 1. The zero-order valence-corrected chi connectivity index (χ0v) is 15.7. The zero-order chi connectivity index (χ0) is 17.4. The highest BCUT2D eigenvalue weighted by Crippen LogP contribution is 2.21. The van der Waals surface area contributed by atoms with Crippen molar-refractivity contribution in [3.63, 3.8) is 0 Å². The number of anilines is 1. The van der Waals surface area contributed by atoms with Gasteiger partial charge in [-0.15, -0.1) is 0 Å². The molecule has 1 heterocycles. The lowest BCUT2D eigenvalue weighted by atomic mass is 10.1. The van der Waals surface area contributed by atoms with Gasteiger partial charge in [-0.1, -0.05) is 19.1 Å². The molecule has 0 radical (unpaired) electrons. The molecule has 1 fully saturated rings. The molecule has 1 saturated heterocycles. The van der Waals surface area contributed by atoms with Crippen molar-refractivity contribution in [2.24, 2.45) is 4.99 Å². The fourth-order valence-electron chi connectivity index (χ4n) is 2.77. The fourth-order valence-corrected chi connectivity index (χ4v) is 3.95. The van der Waals surface area contributed by atoms with Crippen molar-refractivity contribution in [1.82, 2.24) is 10.2 Å².